The minimum atomic E-state index is -4.55. The van der Waals surface area contributed by atoms with Gasteiger partial charge in [-0.25, -0.2) is 4.98 Å². The summed E-state index contributed by atoms with van der Waals surface area (Å²) in [5.74, 6) is 1.66. The van der Waals surface area contributed by atoms with Gasteiger partial charge in [0.15, 0.2) is 18.4 Å². The number of ether oxygens (including phenoxy) is 3. The van der Waals surface area contributed by atoms with Crippen LogP contribution in [-0.4, -0.2) is 59.7 Å². The Kier molecular flexibility index (Phi) is 7.59. The number of rotatable bonds is 7. The number of halogens is 3. The minimum Gasteiger partial charge on any atom is -0.495 e. The highest BCUT2D eigenvalue weighted by Crippen LogP contribution is 2.42. The summed E-state index contributed by atoms with van der Waals surface area (Å²) >= 11 is 0. The monoisotopic (exact) mass is 544 g/mol. The molecular weight excluding hydrogens is 513 g/mol. The number of piperazine rings is 1. The van der Waals surface area contributed by atoms with Gasteiger partial charge in [0, 0.05) is 49.7 Å². The van der Waals surface area contributed by atoms with Crippen LogP contribution in [0.5, 0.6) is 5.75 Å². The fraction of sp³-hybridized carbons (Fsp3) is 0.481. The van der Waals surface area contributed by atoms with E-state index in [9.17, 15) is 13.2 Å². The predicted octanol–water partition coefficient (Wildman–Crippen LogP) is 5.08. The number of alkyl halides is 3. The number of pyridine rings is 2. The normalized spacial score (nSPS) is 19.7. The second-order valence-corrected chi connectivity index (χ2v) is 9.66. The Morgan fingerprint density at radius 2 is 1.69 bits per heavy atom. The molecule has 12 heteroatoms. The Bertz CT molecular complexity index is 1320. The third kappa shape index (κ3) is 5.48. The van der Waals surface area contributed by atoms with Crippen molar-refractivity contribution < 1.29 is 27.4 Å². The van der Waals surface area contributed by atoms with Crippen LogP contribution in [0.3, 0.4) is 0 Å². The maximum Gasteiger partial charge on any atom is 0.417 e. The highest BCUT2D eigenvalue weighted by Gasteiger charge is 2.41. The Morgan fingerprint density at radius 3 is 2.36 bits per heavy atom. The van der Waals surface area contributed by atoms with Gasteiger partial charge in [-0.05, 0) is 43.5 Å². The molecule has 2 saturated heterocycles. The smallest absolute Gasteiger partial charge is 0.417 e. The Balaban J connectivity index is 1.30. The topological polar surface area (TPSA) is 85.7 Å². The lowest BCUT2D eigenvalue weighted by atomic mass is 10.0. The molecule has 2 aliphatic heterocycles. The van der Waals surface area contributed by atoms with Crippen molar-refractivity contribution in [1.29, 1.82) is 0 Å². The van der Waals surface area contributed by atoms with Crippen LogP contribution < -0.4 is 14.5 Å². The van der Waals surface area contributed by atoms with E-state index < -0.39 is 24.3 Å². The lowest BCUT2D eigenvalue weighted by Gasteiger charge is -2.38. The molecule has 2 fully saturated rings. The van der Waals surface area contributed by atoms with Gasteiger partial charge >= 0.3 is 6.18 Å². The molecule has 3 aromatic heterocycles. The number of aromatic nitrogens is 4. The molecule has 0 N–H and O–H groups in total. The molecule has 9 nitrogen and oxygen atoms in total. The number of methoxy groups -OCH3 is 1. The van der Waals surface area contributed by atoms with E-state index in [1.54, 1.807) is 19.5 Å². The van der Waals surface area contributed by atoms with Crippen LogP contribution in [0.4, 0.5) is 24.8 Å². The molecule has 0 atom stereocenters. The molecular formula is C27H31F3N6O3. The van der Waals surface area contributed by atoms with Gasteiger partial charge in [0.2, 0.25) is 0 Å². The molecule has 5 heterocycles. The number of nitrogens with zero attached hydrogens (tertiary/aromatic N) is 6. The molecule has 0 aliphatic carbocycles. The second-order valence-electron chi connectivity index (χ2n) is 9.66. The number of hydrogen-bond acceptors (Lipinski definition) is 9. The molecule has 0 saturated carbocycles. The summed E-state index contributed by atoms with van der Waals surface area (Å²) < 4.78 is 58.1. The van der Waals surface area contributed by atoms with E-state index in [1.807, 2.05) is 31.7 Å². The zero-order valence-corrected chi connectivity index (χ0v) is 22.3. The van der Waals surface area contributed by atoms with Gasteiger partial charge in [0.1, 0.15) is 11.6 Å². The summed E-state index contributed by atoms with van der Waals surface area (Å²) in [5, 5.41) is 8.97. The quantitative estimate of drug-likeness (QED) is 0.404. The zero-order chi connectivity index (χ0) is 27.7. The standard InChI is InChI=1S/C27H31F3N6O3/c1-5-6-23-38-26(39-23)20-15-32-22(12-21(20)27(28,29)30)35-7-9-36(10-8-35)25-17(3)16(2)24(33-34-25)18-11-19(37-4)14-31-13-18/h11-15,23,26H,5-10H2,1-4H3. The van der Waals surface area contributed by atoms with Crippen LogP contribution in [0.2, 0.25) is 0 Å². The van der Waals surface area contributed by atoms with Gasteiger partial charge in [-0.15, -0.1) is 10.2 Å². The van der Waals surface area contributed by atoms with E-state index in [0.717, 1.165) is 40.7 Å². The van der Waals surface area contributed by atoms with Crippen LogP contribution in [0.25, 0.3) is 11.3 Å². The van der Waals surface area contributed by atoms with Crippen molar-refractivity contribution in [3.63, 3.8) is 0 Å². The van der Waals surface area contributed by atoms with Crippen LogP contribution in [0.1, 0.15) is 48.3 Å². The Morgan fingerprint density at radius 1 is 0.974 bits per heavy atom. The van der Waals surface area contributed by atoms with E-state index in [4.69, 9.17) is 14.2 Å². The molecule has 39 heavy (non-hydrogen) atoms. The van der Waals surface area contributed by atoms with Crippen molar-refractivity contribution in [3.05, 3.63) is 53.0 Å². The SMILES string of the molecule is CCCC1OC(c2cnc(N3CCN(c4nnc(-c5cncc(OC)c5)c(C)c4C)CC3)cc2C(F)(F)F)O1. The molecule has 0 aromatic carbocycles. The first kappa shape index (κ1) is 27.1. The molecule has 208 valence electrons. The maximum absolute atomic E-state index is 13.9. The first-order valence-electron chi connectivity index (χ1n) is 12.9. The van der Waals surface area contributed by atoms with Gasteiger partial charge < -0.3 is 24.0 Å². The lowest BCUT2D eigenvalue weighted by Crippen LogP contribution is -2.47. The van der Waals surface area contributed by atoms with Crippen molar-refractivity contribution in [3.8, 4) is 17.0 Å². The summed E-state index contributed by atoms with van der Waals surface area (Å²) in [6.07, 6.45) is -0.0337. The van der Waals surface area contributed by atoms with Crippen molar-refractivity contribution in [2.24, 2.45) is 0 Å². The predicted molar refractivity (Wildman–Crippen MR) is 139 cm³/mol. The Labute approximate surface area is 224 Å². The number of hydrogen-bond donors (Lipinski definition) is 0. The van der Waals surface area contributed by atoms with Crippen molar-refractivity contribution >= 4 is 11.6 Å². The van der Waals surface area contributed by atoms with Gasteiger partial charge in [0.05, 0.1) is 24.6 Å². The fourth-order valence-corrected chi connectivity index (χ4v) is 4.84. The van der Waals surface area contributed by atoms with Crippen LogP contribution >= 0.6 is 0 Å². The van der Waals surface area contributed by atoms with Gasteiger partial charge in [-0.1, -0.05) is 13.3 Å². The maximum atomic E-state index is 13.9. The first-order valence-corrected chi connectivity index (χ1v) is 12.9. The van der Waals surface area contributed by atoms with E-state index in [1.165, 1.54) is 6.20 Å². The molecule has 0 spiro atoms. The summed E-state index contributed by atoms with van der Waals surface area (Å²) in [5.41, 5.74) is 2.63. The summed E-state index contributed by atoms with van der Waals surface area (Å²) in [6, 6.07) is 2.96. The molecule has 0 radical (unpaired) electrons. The lowest BCUT2D eigenvalue weighted by molar-refractivity contribution is -0.392. The zero-order valence-electron chi connectivity index (χ0n) is 22.3. The molecule has 3 aromatic rings. The summed E-state index contributed by atoms with van der Waals surface area (Å²) in [4.78, 5) is 12.5. The van der Waals surface area contributed by atoms with E-state index in [-0.39, 0.29) is 11.4 Å². The minimum absolute atomic E-state index is 0.0926. The van der Waals surface area contributed by atoms with Gasteiger partial charge in [-0.2, -0.15) is 13.2 Å². The molecule has 2 aliphatic rings. The third-order valence-corrected chi connectivity index (χ3v) is 7.18. The summed E-state index contributed by atoms with van der Waals surface area (Å²) in [6.45, 7) is 8.04. The van der Waals surface area contributed by atoms with Crippen LogP contribution in [-0.2, 0) is 15.7 Å². The number of anilines is 2. The average Bonchev–Trinajstić information content (AvgIpc) is 2.91. The van der Waals surface area contributed by atoms with Crippen LogP contribution in [0, 0.1) is 13.8 Å². The van der Waals surface area contributed by atoms with E-state index >= 15 is 0 Å². The van der Waals surface area contributed by atoms with Crippen LogP contribution in [0.15, 0.2) is 30.7 Å². The van der Waals surface area contributed by atoms with E-state index in [2.05, 4.69) is 25.1 Å². The van der Waals surface area contributed by atoms with E-state index in [0.29, 0.717) is 38.3 Å². The molecule has 0 bridgehead atoms. The fourth-order valence-electron chi connectivity index (χ4n) is 4.84. The highest BCUT2D eigenvalue weighted by atomic mass is 19.4. The molecule has 0 amide bonds. The Hall–Kier alpha value is -3.51. The summed E-state index contributed by atoms with van der Waals surface area (Å²) in [7, 11) is 1.58. The molecule has 0 unspecified atom stereocenters. The van der Waals surface area contributed by atoms with Crippen molar-refractivity contribution in [1.82, 2.24) is 20.2 Å². The highest BCUT2D eigenvalue weighted by molar-refractivity contribution is 5.67. The van der Waals surface area contributed by atoms with Crippen molar-refractivity contribution in [2.45, 2.75) is 52.4 Å². The first-order chi connectivity index (χ1) is 18.7. The average molecular weight is 545 g/mol. The largest absolute Gasteiger partial charge is 0.495 e. The van der Waals surface area contributed by atoms with Crippen molar-refractivity contribution in [2.75, 3.05) is 43.1 Å². The second kappa shape index (κ2) is 10.9. The molecule has 5 rings (SSSR count). The van der Waals surface area contributed by atoms with Gasteiger partial charge in [0.25, 0.3) is 0 Å². The van der Waals surface area contributed by atoms with Gasteiger partial charge in [-0.3, -0.25) is 4.98 Å². The third-order valence-electron chi connectivity index (χ3n) is 7.18.